The first-order valence-corrected chi connectivity index (χ1v) is 5.96. The maximum Gasteiger partial charge on any atom is 0.325 e. The number of carbonyl (C=O) groups excluding carboxylic acids is 2. The molecule has 2 saturated heterocycles. The average Bonchev–Trinajstić information content (AvgIpc) is 3.06. The number of hydrogen-bond donors (Lipinski definition) is 0. The average molecular weight is 274 g/mol. The van der Waals surface area contributed by atoms with E-state index >= 15 is 0 Å². The number of nitrogens with zero attached hydrogens (tertiary/aromatic N) is 2. The lowest BCUT2D eigenvalue weighted by Crippen LogP contribution is -2.49. The van der Waals surface area contributed by atoms with Gasteiger partial charge in [0.05, 0.1) is 34.1 Å². The summed E-state index contributed by atoms with van der Waals surface area (Å²) in [5.41, 5.74) is 0. The van der Waals surface area contributed by atoms with Gasteiger partial charge in [0.25, 0.3) is 0 Å². The van der Waals surface area contributed by atoms with Crippen LogP contribution >= 0.6 is 0 Å². The van der Waals surface area contributed by atoms with Gasteiger partial charge in [-0.25, -0.2) is 0 Å². The fraction of sp³-hybridized carbons (Fsp3) is 0.818. The first-order chi connectivity index (χ1) is 9.17. The van der Waals surface area contributed by atoms with Gasteiger partial charge >= 0.3 is 11.9 Å². The second-order valence-electron chi connectivity index (χ2n) is 4.40. The molecule has 2 atom stereocenters. The van der Waals surface area contributed by atoms with Crippen molar-refractivity contribution in [3.8, 4) is 0 Å². The van der Waals surface area contributed by atoms with Crippen LogP contribution in [0.2, 0.25) is 0 Å². The zero-order valence-corrected chi connectivity index (χ0v) is 11.0. The molecule has 0 aromatic heterocycles. The van der Waals surface area contributed by atoms with Crippen LogP contribution in [0.1, 0.15) is 0 Å². The van der Waals surface area contributed by atoms with Crippen LogP contribution in [-0.4, -0.2) is 81.4 Å². The summed E-state index contributed by atoms with van der Waals surface area (Å²) in [6.45, 7) is 1.63. The number of carbonyl (C=O) groups is 2. The summed E-state index contributed by atoms with van der Waals surface area (Å²) in [6.07, 6.45) is 0. The van der Waals surface area contributed by atoms with Crippen molar-refractivity contribution < 1.29 is 28.5 Å². The largest absolute Gasteiger partial charge is 0.468 e. The van der Waals surface area contributed by atoms with Crippen molar-refractivity contribution >= 4 is 11.9 Å². The van der Waals surface area contributed by atoms with Crippen molar-refractivity contribution in [1.82, 2.24) is 9.80 Å². The van der Waals surface area contributed by atoms with Gasteiger partial charge in [0.15, 0.2) is 0 Å². The van der Waals surface area contributed by atoms with E-state index in [0.29, 0.717) is 33.3 Å². The molecule has 0 saturated carbocycles. The van der Waals surface area contributed by atoms with E-state index in [1.807, 2.05) is 0 Å². The van der Waals surface area contributed by atoms with E-state index < -0.39 is 12.1 Å². The Morgan fingerprint density at radius 3 is 1.79 bits per heavy atom. The molecule has 0 amide bonds. The second-order valence-corrected chi connectivity index (χ2v) is 4.40. The van der Waals surface area contributed by atoms with Crippen LogP contribution in [0, 0.1) is 0 Å². The van der Waals surface area contributed by atoms with Gasteiger partial charge < -0.3 is 18.9 Å². The molecule has 0 aliphatic carbocycles. The van der Waals surface area contributed by atoms with Crippen LogP contribution in [0.25, 0.3) is 0 Å². The molecule has 8 nitrogen and oxygen atoms in total. The van der Waals surface area contributed by atoms with E-state index in [-0.39, 0.29) is 11.9 Å². The molecule has 2 rings (SSSR count). The summed E-state index contributed by atoms with van der Waals surface area (Å²) < 4.78 is 20.0. The standard InChI is InChI=1S/C11H18N2O6/c1-16-10(14)8-3-18-6-12(8)5-13-7-19-4-9(13)11(15)17-2/h8-9H,3-7H2,1-2H3. The van der Waals surface area contributed by atoms with Gasteiger partial charge in [-0.05, 0) is 0 Å². The van der Waals surface area contributed by atoms with Gasteiger partial charge in [-0.2, -0.15) is 0 Å². The number of rotatable bonds is 4. The van der Waals surface area contributed by atoms with Crippen LogP contribution in [0.15, 0.2) is 0 Å². The lowest BCUT2D eigenvalue weighted by molar-refractivity contribution is -0.148. The van der Waals surface area contributed by atoms with E-state index in [9.17, 15) is 9.59 Å². The molecule has 2 heterocycles. The fourth-order valence-electron chi connectivity index (χ4n) is 2.17. The van der Waals surface area contributed by atoms with Crippen LogP contribution in [0.3, 0.4) is 0 Å². The minimum absolute atomic E-state index is 0.296. The molecule has 2 fully saturated rings. The number of methoxy groups -OCH3 is 2. The van der Waals surface area contributed by atoms with Crippen LogP contribution in [0.5, 0.6) is 0 Å². The molecular weight excluding hydrogens is 256 g/mol. The van der Waals surface area contributed by atoms with E-state index in [0.717, 1.165) is 0 Å². The maximum atomic E-state index is 11.6. The van der Waals surface area contributed by atoms with E-state index in [1.54, 1.807) is 9.80 Å². The third-order valence-corrected chi connectivity index (χ3v) is 3.26. The predicted octanol–water partition coefficient (Wildman–Crippen LogP) is -1.39. The van der Waals surface area contributed by atoms with Crippen LogP contribution in [0.4, 0.5) is 0 Å². The summed E-state index contributed by atoms with van der Waals surface area (Å²) in [5, 5.41) is 0. The van der Waals surface area contributed by atoms with Crippen molar-refractivity contribution in [3.63, 3.8) is 0 Å². The highest BCUT2D eigenvalue weighted by Gasteiger charge is 2.38. The molecule has 0 radical (unpaired) electrons. The highest BCUT2D eigenvalue weighted by atomic mass is 16.5. The lowest BCUT2D eigenvalue weighted by Gasteiger charge is -2.27. The Labute approximate surface area is 111 Å². The zero-order valence-electron chi connectivity index (χ0n) is 11.0. The molecule has 0 spiro atoms. The second kappa shape index (κ2) is 6.29. The lowest BCUT2D eigenvalue weighted by atomic mass is 10.3. The molecule has 2 unspecified atom stereocenters. The Kier molecular flexibility index (Phi) is 4.70. The van der Waals surface area contributed by atoms with Crippen molar-refractivity contribution in [1.29, 1.82) is 0 Å². The van der Waals surface area contributed by atoms with Crippen molar-refractivity contribution in [3.05, 3.63) is 0 Å². The number of esters is 2. The molecular formula is C11H18N2O6. The first kappa shape index (κ1) is 14.2. The van der Waals surface area contributed by atoms with Gasteiger partial charge in [-0.3, -0.25) is 19.4 Å². The van der Waals surface area contributed by atoms with Crippen LogP contribution in [-0.2, 0) is 28.5 Å². The quantitative estimate of drug-likeness (QED) is 0.580. The topological polar surface area (TPSA) is 77.5 Å². The predicted molar refractivity (Wildman–Crippen MR) is 61.8 cm³/mol. The Balaban J connectivity index is 1.96. The summed E-state index contributed by atoms with van der Waals surface area (Å²) in [7, 11) is 2.68. The van der Waals surface area contributed by atoms with Gasteiger partial charge in [-0.1, -0.05) is 0 Å². The molecule has 0 bridgehead atoms. The van der Waals surface area contributed by atoms with Crippen molar-refractivity contribution in [2.75, 3.05) is 47.6 Å². The normalized spacial score (nSPS) is 28.5. The minimum atomic E-state index is -0.441. The van der Waals surface area contributed by atoms with Gasteiger partial charge in [0.2, 0.25) is 0 Å². The highest BCUT2D eigenvalue weighted by Crippen LogP contribution is 2.16. The van der Waals surface area contributed by atoms with Crippen molar-refractivity contribution in [2.45, 2.75) is 12.1 Å². The summed E-state index contributed by atoms with van der Waals surface area (Å²) >= 11 is 0. The molecule has 0 aromatic rings. The Hall–Kier alpha value is -1.22. The monoisotopic (exact) mass is 274 g/mol. The smallest absolute Gasteiger partial charge is 0.325 e. The summed E-state index contributed by atoms with van der Waals surface area (Å²) in [4.78, 5) is 26.8. The van der Waals surface area contributed by atoms with Crippen LogP contribution < -0.4 is 0 Å². The summed E-state index contributed by atoms with van der Waals surface area (Å²) in [5.74, 6) is -0.681. The Morgan fingerprint density at radius 2 is 1.42 bits per heavy atom. The van der Waals surface area contributed by atoms with E-state index in [1.165, 1.54) is 14.2 Å². The maximum absolute atomic E-state index is 11.6. The third-order valence-electron chi connectivity index (χ3n) is 3.26. The molecule has 2 aliphatic rings. The first-order valence-electron chi connectivity index (χ1n) is 5.96. The summed E-state index contributed by atoms with van der Waals surface area (Å²) in [6, 6.07) is -0.882. The minimum Gasteiger partial charge on any atom is -0.468 e. The molecule has 0 aromatic carbocycles. The van der Waals surface area contributed by atoms with Gasteiger partial charge in [0, 0.05) is 0 Å². The van der Waals surface area contributed by atoms with Crippen molar-refractivity contribution in [2.24, 2.45) is 0 Å². The number of hydrogen-bond acceptors (Lipinski definition) is 8. The Morgan fingerprint density at radius 1 is 1.00 bits per heavy atom. The molecule has 8 heteroatoms. The third kappa shape index (κ3) is 3.03. The fourth-order valence-corrected chi connectivity index (χ4v) is 2.17. The number of ether oxygens (including phenoxy) is 4. The molecule has 108 valence electrons. The highest BCUT2D eigenvalue weighted by molar-refractivity contribution is 5.76. The van der Waals surface area contributed by atoms with Gasteiger partial charge in [-0.15, -0.1) is 0 Å². The van der Waals surface area contributed by atoms with Gasteiger partial charge in [0.1, 0.15) is 25.5 Å². The van der Waals surface area contributed by atoms with E-state index in [2.05, 4.69) is 0 Å². The molecule has 0 N–H and O–H groups in total. The molecule has 19 heavy (non-hydrogen) atoms. The zero-order chi connectivity index (χ0) is 13.8. The SMILES string of the molecule is COC(=O)C1COCN1CN1COCC1C(=O)OC. The van der Waals surface area contributed by atoms with E-state index in [4.69, 9.17) is 18.9 Å². The molecule has 2 aliphatic heterocycles. The Bertz CT molecular complexity index is 318.